The van der Waals surface area contributed by atoms with Gasteiger partial charge >= 0.3 is 6.18 Å². The largest absolute Gasteiger partial charge is 0.389 e. The van der Waals surface area contributed by atoms with Crippen LogP contribution in [0.5, 0.6) is 0 Å². The summed E-state index contributed by atoms with van der Waals surface area (Å²) < 4.78 is 35.8. The van der Waals surface area contributed by atoms with Crippen LogP contribution in [0, 0.1) is 5.41 Å². The molecule has 0 radical (unpaired) electrons. The highest BCUT2D eigenvalue weighted by Gasteiger charge is 2.32. The molecule has 0 saturated carbocycles. The van der Waals surface area contributed by atoms with E-state index in [2.05, 4.69) is 19.2 Å². The molecule has 1 rings (SSSR count). The van der Waals surface area contributed by atoms with Crippen LogP contribution in [0.2, 0.25) is 0 Å². The number of thioether (sulfide) groups is 1. The summed E-state index contributed by atoms with van der Waals surface area (Å²) in [5.41, 5.74) is 0.273. The maximum absolute atomic E-state index is 11.9. The van der Waals surface area contributed by atoms with Gasteiger partial charge in [-0.2, -0.15) is 24.9 Å². The van der Waals surface area contributed by atoms with E-state index in [-0.39, 0.29) is 11.8 Å². The van der Waals surface area contributed by atoms with Crippen LogP contribution in [0.15, 0.2) is 0 Å². The summed E-state index contributed by atoms with van der Waals surface area (Å²) in [7, 11) is 0. The van der Waals surface area contributed by atoms with Gasteiger partial charge in [0.1, 0.15) is 0 Å². The fourth-order valence-corrected chi connectivity index (χ4v) is 3.64. The molecule has 0 spiro atoms. The lowest BCUT2D eigenvalue weighted by atomic mass is 9.82. The van der Waals surface area contributed by atoms with Crippen LogP contribution in [0.1, 0.15) is 39.5 Å². The molecule has 1 aliphatic rings. The van der Waals surface area contributed by atoms with Crippen molar-refractivity contribution in [2.45, 2.75) is 51.7 Å². The molecule has 0 aromatic carbocycles. The first-order chi connectivity index (χ1) is 7.81. The molecule has 1 N–H and O–H groups in total. The second-order valence-corrected chi connectivity index (χ2v) is 6.54. The number of hydrogen-bond acceptors (Lipinski definition) is 2. The van der Waals surface area contributed by atoms with Crippen LogP contribution >= 0.6 is 11.8 Å². The van der Waals surface area contributed by atoms with Crippen molar-refractivity contribution in [2.24, 2.45) is 5.41 Å². The molecule has 1 fully saturated rings. The van der Waals surface area contributed by atoms with Gasteiger partial charge in [0.05, 0.1) is 0 Å². The number of nitrogens with one attached hydrogen (secondary N) is 1. The first-order valence-corrected chi connectivity index (χ1v) is 7.35. The van der Waals surface area contributed by atoms with E-state index in [1.807, 2.05) is 11.8 Å². The third-order valence-corrected chi connectivity index (χ3v) is 4.46. The second-order valence-electron chi connectivity index (χ2n) is 5.39. The lowest BCUT2D eigenvalue weighted by molar-refractivity contribution is -0.135. The van der Waals surface area contributed by atoms with Crippen molar-refractivity contribution in [1.29, 1.82) is 0 Å². The third-order valence-electron chi connectivity index (χ3n) is 3.40. The molecule has 1 unspecified atom stereocenters. The highest BCUT2D eigenvalue weighted by atomic mass is 32.2. The van der Waals surface area contributed by atoms with Crippen LogP contribution < -0.4 is 5.32 Å². The number of halogens is 3. The van der Waals surface area contributed by atoms with E-state index in [1.54, 1.807) is 0 Å². The number of hydrogen-bond donors (Lipinski definition) is 1. The monoisotopic (exact) mass is 269 g/mol. The Hall–Kier alpha value is 0.100. The quantitative estimate of drug-likeness (QED) is 0.761. The molecule has 1 nitrogen and oxygen atoms in total. The van der Waals surface area contributed by atoms with Gasteiger partial charge in [0.15, 0.2) is 0 Å². The van der Waals surface area contributed by atoms with E-state index in [0.717, 1.165) is 5.75 Å². The van der Waals surface area contributed by atoms with Gasteiger partial charge in [-0.25, -0.2) is 0 Å². The minimum atomic E-state index is -4.00. The molecular formula is C12H22F3NS. The van der Waals surface area contributed by atoms with Gasteiger partial charge < -0.3 is 5.32 Å². The van der Waals surface area contributed by atoms with E-state index < -0.39 is 12.6 Å². The summed E-state index contributed by atoms with van der Waals surface area (Å²) in [6, 6.07) is 0.437. The summed E-state index contributed by atoms with van der Waals surface area (Å²) in [4.78, 5) is 0. The molecule has 0 bridgehead atoms. The fraction of sp³-hybridized carbons (Fsp3) is 1.00. The lowest BCUT2D eigenvalue weighted by Crippen LogP contribution is -2.46. The van der Waals surface area contributed by atoms with Crippen molar-refractivity contribution in [1.82, 2.24) is 5.32 Å². The van der Waals surface area contributed by atoms with Crippen molar-refractivity contribution in [3.05, 3.63) is 0 Å². The maximum atomic E-state index is 11.9. The Bertz CT molecular complexity index is 228. The lowest BCUT2D eigenvalue weighted by Gasteiger charge is -2.39. The average molecular weight is 269 g/mol. The predicted molar refractivity (Wildman–Crippen MR) is 67.4 cm³/mol. The minimum Gasteiger partial charge on any atom is -0.313 e. The van der Waals surface area contributed by atoms with Crippen molar-refractivity contribution in [2.75, 3.05) is 18.1 Å². The summed E-state index contributed by atoms with van der Waals surface area (Å²) >= 11 is 1.93. The normalized spacial score (nSPS) is 24.9. The zero-order chi connectivity index (χ0) is 12.9. The molecular weight excluding hydrogens is 247 g/mol. The van der Waals surface area contributed by atoms with Crippen LogP contribution in [0.3, 0.4) is 0 Å². The maximum Gasteiger partial charge on any atom is 0.389 e. The molecule has 17 heavy (non-hydrogen) atoms. The van der Waals surface area contributed by atoms with Gasteiger partial charge in [-0.3, -0.25) is 0 Å². The first-order valence-electron chi connectivity index (χ1n) is 6.19. The summed E-state index contributed by atoms with van der Waals surface area (Å²) in [5, 5.41) is 3.41. The van der Waals surface area contributed by atoms with Gasteiger partial charge in [-0.1, -0.05) is 13.8 Å². The van der Waals surface area contributed by atoms with Crippen LogP contribution in [-0.2, 0) is 0 Å². The van der Waals surface area contributed by atoms with E-state index in [0.29, 0.717) is 19.0 Å². The molecule has 1 saturated heterocycles. The number of unbranched alkanes of at least 4 members (excludes halogenated alkanes) is 1. The molecule has 0 aromatic rings. The Balaban J connectivity index is 2.13. The van der Waals surface area contributed by atoms with E-state index in [9.17, 15) is 13.2 Å². The minimum absolute atomic E-state index is 0.233. The zero-order valence-electron chi connectivity index (χ0n) is 10.6. The smallest absolute Gasteiger partial charge is 0.313 e. The van der Waals surface area contributed by atoms with Crippen molar-refractivity contribution >= 4 is 11.8 Å². The standard InChI is InChI=1S/C12H22F3NS/c1-11(2)6-8-17-9-10(11)16-7-4-3-5-12(13,14)15/h10,16H,3-9H2,1-2H3. The summed E-state index contributed by atoms with van der Waals surface area (Å²) in [5.74, 6) is 2.27. The van der Waals surface area contributed by atoms with Crippen molar-refractivity contribution < 1.29 is 13.2 Å². The van der Waals surface area contributed by atoms with Crippen LogP contribution in [-0.4, -0.2) is 30.3 Å². The van der Waals surface area contributed by atoms with E-state index in [4.69, 9.17) is 0 Å². The molecule has 1 atom stereocenters. The molecule has 5 heteroatoms. The number of rotatable bonds is 5. The van der Waals surface area contributed by atoms with Gasteiger partial charge in [0.2, 0.25) is 0 Å². The molecule has 1 aliphatic heterocycles. The topological polar surface area (TPSA) is 12.0 Å². The highest BCUT2D eigenvalue weighted by Crippen LogP contribution is 2.34. The van der Waals surface area contributed by atoms with Gasteiger partial charge in [0.25, 0.3) is 0 Å². The molecule has 0 aromatic heterocycles. The molecule has 0 amide bonds. The van der Waals surface area contributed by atoms with Crippen LogP contribution in [0.4, 0.5) is 13.2 Å². The number of alkyl halides is 3. The summed E-state index contributed by atoms with van der Waals surface area (Å²) in [6.45, 7) is 5.17. The van der Waals surface area contributed by atoms with E-state index in [1.165, 1.54) is 12.2 Å². The third kappa shape index (κ3) is 6.00. The SMILES string of the molecule is CC1(C)CCSCC1NCCCCC(F)(F)F. The van der Waals surface area contributed by atoms with Gasteiger partial charge in [-0.15, -0.1) is 0 Å². The Kier molecular flexibility index (Phi) is 5.64. The first kappa shape index (κ1) is 15.2. The average Bonchev–Trinajstić information content (AvgIpc) is 2.17. The van der Waals surface area contributed by atoms with Gasteiger partial charge in [0, 0.05) is 18.2 Å². The summed E-state index contributed by atoms with van der Waals surface area (Å²) in [6.07, 6.45) is -2.64. The predicted octanol–water partition coefficient (Wildman–Crippen LogP) is 3.84. The molecule has 102 valence electrons. The van der Waals surface area contributed by atoms with Crippen molar-refractivity contribution in [3.8, 4) is 0 Å². The fourth-order valence-electron chi connectivity index (χ4n) is 2.00. The Labute approximate surface area is 106 Å². The Morgan fingerprint density at radius 2 is 2.00 bits per heavy atom. The van der Waals surface area contributed by atoms with Gasteiger partial charge in [-0.05, 0) is 37.0 Å². The van der Waals surface area contributed by atoms with Crippen LogP contribution in [0.25, 0.3) is 0 Å². The second kappa shape index (κ2) is 6.32. The zero-order valence-corrected chi connectivity index (χ0v) is 11.4. The Morgan fingerprint density at radius 3 is 2.59 bits per heavy atom. The molecule has 0 aliphatic carbocycles. The van der Waals surface area contributed by atoms with Crippen molar-refractivity contribution in [3.63, 3.8) is 0 Å². The molecule has 1 heterocycles. The highest BCUT2D eigenvalue weighted by molar-refractivity contribution is 7.99. The van der Waals surface area contributed by atoms with E-state index >= 15 is 0 Å². The Morgan fingerprint density at radius 1 is 1.29 bits per heavy atom.